The van der Waals surface area contributed by atoms with Crippen molar-refractivity contribution < 1.29 is 22.0 Å². The maximum absolute atomic E-state index is 12.5. The molecule has 0 saturated carbocycles. The van der Waals surface area contributed by atoms with Crippen molar-refractivity contribution in [2.24, 2.45) is 0 Å². The molecule has 0 aromatic rings. The SMILES string of the molecule is CCC(F)(F)[C@@H](F)CC(F)CF. The summed E-state index contributed by atoms with van der Waals surface area (Å²) in [5, 5.41) is 0. The number of hydrogen-bond acceptors (Lipinski definition) is 0. The van der Waals surface area contributed by atoms with E-state index >= 15 is 0 Å². The van der Waals surface area contributed by atoms with Gasteiger partial charge in [-0.05, 0) is 0 Å². The van der Waals surface area contributed by atoms with Crippen LogP contribution in [0.4, 0.5) is 22.0 Å². The van der Waals surface area contributed by atoms with Crippen molar-refractivity contribution in [3.05, 3.63) is 0 Å². The van der Waals surface area contributed by atoms with Gasteiger partial charge in [-0.3, -0.25) is 0 Å². The predicted molar refractivity (Wildman–Crippen MR) is 35.6 cm³/mol. The molecule has 0 heterocycles. The van der Waals surface area contributed by atoms with Gasteiger partial charge >= 0.3 is 0 Å². The van der Waals surface area contributed by atoms with Crippen LogP contribution in [0.5, 0.6) is 0 Å². The third-order valence-corrected chi connectivity index (χ3v) is 1.56. The molecule has 0 rings (SSSR count). The van der Waals surface area contributed by atoms with Crippen LogP contribution in [0, 0.1) is 0 Å². The molecule has 0 radical (unpaired) electrons. The first kappa shape index (κ1) is 11.6. The van der Waals surface area contributed by atoms with Crippen molar-refractivity contribution in [2.75, 3.05) is 6.67 Å². The summed E-state index contributed by atoms with van der Waals surface area (Å²) in [7, 11) is 0. The fourth-order valence-electron chi connectivity index (χ4n) is 0.681. The van der Waals surface area contributed by atoms with Crippen LogP contribution >= 0.6 is 0 Å². The van der Waals surface area contributed by atoms with Crippen molar-refractivity contribution in [1.82, 2.24) is 0 Å². The second-order valence-corrected chi connectivity index (χ2v) is 2.57. The minimum atomic E-state index is -3.54. The lowest BCUT2D eigenvalue weighted by Crippen LogP contribution is -2.31. The normalized spacial score (nSPS) is 17.5. The highest BCUT2D eigenvalue weighted by Crippen LogP contribution is 2.28. The van der Waals surface area contributed by atoms with Gasteiger partial charge in [0.2, 0.25) is 0 Å². The lowest BCUT2D eigenvalue weighted by atomic mass is 10.1. The van der Waals surface area contributed by atoms with E-state index in [-0.39, 0.29) is 0 Å². The molecule has 0 nitrogen and oxygen atoms in total. The van der Waals surface area contributed by atoms with E-state index < -0.39 is 37.8 Å². The molecular formula is C7H11F5. The average molecular weight is 190 g/mol. The molecule has 5 heteroatoms. The van der Waals surface area contributed by atoms with Gasteiger partial charge in [0.25, 0.3) is 5.92 Å². The molecule has 0 aromatic heterocycles. The Balaban J connectivity index is 3.93. The van der Waals surface area contributed by atoms with Crippen LogP contribution in [-0.4, -0.2) is 24.9 Å². The topological polar surface area (TPSA) is 0 Å². The Hall–Kier alpha value is -0.350. The monoisotopic (exact) mass is 190 g/mol. The zero-order valence-corrected chi connectivity index (χ0v) is 6.67. The van der Waals surface area contributed by atoms with Gasteiger partial charge in [0, 0.05) is 12.8 Å². The molecule has 0 aliphatic rings. The maximum Gasteiger partial charge on any atom is 0.278 e. The number of rotatable bonds is 5. The Morgan fingerprint density at radius 3 is 2.08 bits per heavy atom. The summed E-state index contributed by atoms with van der Waals surface area (Å²) < 4.78 is 60.8. The molecule has 0 fully saturated rings. The molecule has 0 saturated heterocycles. The van der Waals surface area contributed by atoms with Gasteiger partial charge in [0.15, 0.2) is 6.17 Å². The highest BCUT2D eigenvalue weighted by molar-refractivity contribution is 4.77. The first-order chi connectivity index (χ1) is 5.44. The van der Waals surface area contributed by atoms with Gasteiger partial charge in [0.05, 0.1) is 0 Å². The smallest absolute Gasteiger partial charge is 0.248 e. The summed E-state index contributed by atoms with van der Waals surface area (Å²) in [6.45, 7) is -0.324. The number of alkyl halides is 5. The summed E-state index contributed by atoms with van der Waals surface area (Å²) >= 11 is 0. The fourth-order valence-corrected chi connectivity index (χ4v) is 0.681. The van der Waals surface area contributed by atoms with Crippen molar-refractivity contribution in [3.63, 3.8) is 0 Å². The molecule has 0 aliphatic carbocycles. The van der Waals surface area contributed by atoms with Crippen molar-refractivity contribution >= 4 is 0 Å². The molecule has 0 amide bonds. The molecule has 0 aromatic carbocycles. The summed E-state index contributed by atoms with van der Waals surface area (Å²) in [5.41, 5.74) is 0. The second-order valence-electron chi connectivity index (χ2n) is 2.57. The van der Waals surface area contributed by atoms with Crippen molar-refractivity contribution in [2.45, 2.75) is 38.0 Å². The van der Waals surface area contributed by atoms with Gasteiger partial charge in [-0.1, -0.05) is 6.92 Å². The third-order valence-electron chi connectivity index (χ3n) is 1.56. The highest BCUT2D eigenvalue weighted by Gasteiger charge is 2.39. The lowest BCUT2D eigenvalue weighted by molar-refractivity contribution is -0.0844. The van der Waals surface area contributed by atoms with Crippen LogP contribution in [-0.2, 0) is 0 Å². The van der Waals surface area contributed by atoms with Crippen LogP contribution in [0.2, 0.25) is 0 Å². The number of hydrogen-bond donors (Lipinski definition) is 0. The minimum absolute atomic E-state index is 0.701. The molecule has 0 bridgehead atoms. The summed E-state index contributed by atoms with van der Waals surface area (Å²) in [6, 6.07) is 0. The second kappa shape index (κ2) is 4.62. The van der Waals surface area contributed by atoms with Crippen LogP contribution in [0.3, 0.4) is 0 Å². The van der Waals surface area contributed by atoms with E-state index in [4.69, 9.17) is 0 Å². The Morgan fingerprint density at radius 1 is 1.25 bits per heavy atom. The predicted octanol–water partition coefficient (Wildman–Crippen LogP) is 3.07. The van der Waals surface area contributed by atoms with Gasteiger partial charge < -0.3 is 0 Å². The fraction of sp³-hybridized carbons (Fsp3) is 1.00. The van der Waals surface area contributed by atoms with Gasteiger partial charge in [-0.15, -0.1) is 0 Å². The highest BCUT2D eigenvalue weighted by atomic mass is 19.3. The maximum atomic E-state index is 12.5. The van der Waals surface area contributed by atoms with E-state index in [1.807, 2.05) is 0 Å². The van der Waals surface area contributed by atoms with E-state index in [1.54, 1.807) is 0 Å². The molecule has 1 unspecified atom stereocenters. The molecule has 2 atom stereocenters. The van der Waals surface area contributed by atoms with E-state index in [0.717, 1.165) is 6.92 Å². The minimum Gasteiger partial charge on any atom is -0.248 e. The summed E-state index contributed by atoms with van der Waals surface area (Å²) in [5.74, 6) is -3.54. The van der Waals surface area contributed by atoms with E-state index in [9.17, 15) is 22.0 Å². The zero-order valence-electron chi connectivity index (χ0n) is 6.67. The van der Waals surface area contributed by atoms with Gasteiger partial charge in [-0.2, -0.15) is 0 Å². The average Bonchev–Trinajstić information content (AvgIpc) is 2.04. The first-order valence-electron chi connectivity index (χ1n) is 3.66. The summed E-state index contributed by atoms with van der Waals surface area (Å²) in [4.78, 5) is 0. The third kappa shape index (κ3) is 3.36. The first-order valence-corrected chi connectivity index (χ1v) is 3.66. The lowest BCUT2D eigenvalue weighted by Gasteiger charge is -2.19. The number of halogens is 5. The van der Waals surface area contributed by atoms with Gasteiger partial charge in [-0.25, -0.2) is 22.0 Å². The largest absolute Gasteiger partial charge is 0.278 e. The van der Waals surface area contributed by atoms with Crippen LogP contribution < -0.4 is 0 Å². The molecule has 0 N–H and O–H groups in total. The van der Waals surface area contributed by atoms with E-state index in [0.29, 0.717) is 0 Å². The van der Waals surface area contributed by atoms with Gasteiger partial charge in [0.1, 0.15) is 12.8 Å². The van der Waals surface area contributed by atoms with Crippen molar-refractivity contribution in [3.8, 4) is 0 Å². The molecule has 0 spiro atoms. The molecular weight excluding hydrogens is 179 g/mol. The van der Waals surface area contributed by atoms with Crippen LogP contribution in [0.15, 0.2) is 0 Å². The quantitative estimate of drug-likeness (QED) is 0.584. The molecule has 0 aliphatic heterocycles. The Morgan fingerprint density at radius 2 is 1.75 bits per heavy atom. The van der Waals surface area contributed by atoms with E-state index in [2.05, 4.69) is 0 Å². The standard InChI is InChI=1S/C7H11F5/c1-2-7(11,12)6(10)3-5(9)4-8/h5-6H,2-4H2,1H3/t5?,6-/m0/s1. The summed E-state index contributed by atoms with van der Waals surface area (Å²) in [6.07, 6.45) is -6.49. The molecule has 74 valence electrons. The van der Waals surface area contributed by atoms with Crippen LogP contribution in [0.1, 0.15) is 19.8 Å². The Kier molecular flexibility index (Phi) is 4.49. The Bertz CT molecular complexity index is 125. The van der Waals surface area contributed by atoms with E-state index in [1.165, 1.54) is 0 Å². The van der Waals surface area contributed by atoms with Crippen molar-refractivity contribution in [1.29, 1.82) is 0 Å². The molecule has 12 heavy (non-hydrogen) atoms. The zero-order chi connectivity index (χ0) is 9.78. The van der Waals surface area contributed by atoms with Crippen LogP contribution in [0.25, 0.3) is 0 Å². The Labute approximate surface area is 67.8 Å².